The standard InChI is InChI=1S/C21H24N6.C7H10N2O/c1-25-10-7-14(8-11-25)21-24-18(19-20(22)23-9-12-27(19)21)17-13-15-5-3-4-6-16(15)26(17)2;1-5-7(4-10)6(2)9(3)8-5/h3-6,9,12-14H,7-8,10-11H2,1-2H3,(H2,22,23);4H,1-3H3. The molecule has 192 valence electrons. The molecule has 9 nitrogen and oxygen atoms in total. The second kappa shape index (κ2) is 9.82. The summed E-state index contributed by atoms with van der Waals surface area (Å²) in [4.78, 5) is 22.3. The number of fused-ring (bicyclic) bond motifs is 2. The molecular formula is C28H34N8O. The van der Waals surface area contributed by atoms with Gasteiger partial charge in [0.25, 0.3) is 0 Å². The first kappa shape index (κ1) is 24.7. The van der Waals surface area contributed by atoms with Gasteiger partial charge in [0.15, 0.2) is 6.29 Å². The van der Waals surface area contributed by atoms with Gasteiger partial charge >= 0.3 is 0 Å². The van der Waals surface area contributed by atoms with E-state index in [0.717, 1.165) is 66.3 Å². The molecule has 1 aliphatic rings. The molecule has 5 aromatic rings. The van der Waals surface area contributed by atoms with E-state index in [2.05, 4.69) is 68.4 Å². The van der Waals surface area contributed by atoms with Crippen LogP contribution in [0.5, 0.6) is 0 Å². The number of aldehydes is 1. The Morgan fingerprint density at radius 2 is 1.81 bits per heavy atom. The molecule has 1 saturated heterocycles. The van der Waals surface area contributed by atoms with Gasteiger partial charge in [0.1, 0.15) is 22.9 Å². The lowest BCUT2D eigenvalue weighted by Gasteiger charge is -2.28. The summed E-state index contributed by atoms with van der Waals surface area (Å²) in [7, 11) is 6.10. The van der Waals surface area contributed by atoms with Crippen molar-refractivity contribution in [2.75, 3.05) is 25.9 Å². The van der Waals surface area contributed by atoms with Crippen LogP contribution in [0, 0.1) is 13.8 Å². The molecule has 0 unspecified atom stereocenters. The predicted octanol–water partition coefficient (Wildman–Crippen LogP) is 4.13. The number of aryl methyl sites for hydroxylation is 3. The fourth-order valence-corrected chi connectivity index (χ4v) is 5.30. The smallest absolute Gasteiger partial charge is 0.153 e. The Hall–Kier alpha value is -3.98. The van der Waals surface area contributed by atoms with Crippen LogP contribution in [0.2, 0.25) is 0 Å². The van der Waals surface area contributed by atoms with Crippen molar-refractivity contribution in [1.29, 1.82) is 0 Å². The van der Waals surface area contributed by atoms with E-state index in [1.807, 2.05) is 27.1 Å². The maximum absolute atomic E-state index is 10.4. The molecule has 1 fully saturated rings. The third-order valence-electron chi connectivity index (χ3n) is 7.57. The third kappa shape index (κ3) is 4.40. The predicted molar refractivity (Wildman–Crippen MR) is 147 cm³/mol. The van der Waals surface area contributed by atoms with Crippen molar-refractivity contribution in [3.63, 3.8) is 0 Å². The first-order chi connectivity index (χ1) is 17.8. The normalized spacial score (nSPS) is 14.7. The number of benzene rings is 1. The van der Waals surface area contributed by atoms with E-state index < -0.39 is 0 Å². The lowest BCUT2D eigenvalue weighted by atomic mass is 9.96. The zero-order valence-electron chi connectivity index (χ0n) is 22.1. The molecular weight excluding hydrogens is 464 g/mol. The largest absolute Gasteiger partial charge is 0.382 e. The molecule has 0 spiro atoms. The minimum Gasteiger partial charge on any atom is -0.382 e. The average Bonchev–Trinajstić information content (AvgIpc) is 3.52. The molecule has 37 heavy (non-hydrogen) atoms. The van der Waals surface area contributed by atoms with Gasteiger partial charge in [0.2, 0.25) is 0 Å². The van der Waals surface area contributed by atoms with E-state index >= 15 is 0 Å². The maximum Gasteiger partial charge on any atom is 0.153 e. The van der Waals surface area contributed by atoms with Crippen molar-refractivity contribution in [2.24, 2.45) is 14.1 Å². The Balaban J connectivity index is 0.000000237. The van der Waals surface area contributed by atoms with Gasteiger partial charge in [-0.05, 0) is 59.0 Å². The van der Waals surface area contributed by atoms with Crippen LogP contribution in [0.3, 0.4) is 0 Å². The highest BCUT2D eigenvalue weighted by Crippen LogP contribution is 2.36. The summed E-state index contributed by atoms with van der Waals surface area (Å²) in [5.41, 5.74) is 12.9. The van der Waals surface area contributed by atoms with E-state index in [1.165, 1.54) is 10.9 Å². The number of nitrogen functional groups attached to an aromatic ring is 1. The second-order valence-corrected chi connectivity index (χ2v) is 9.90. The number of nitrogens with zero attached hydrogens (tertiary/aromatic N) is 7. The first-order valence-electron chi connectivity index (χ1n) is 12.6. The van der Waals surface area contributed by atoms with Crippen LogP contribution in [0.25, 0.3) is 27.8 Å². The maximum atomic E-state index is 10.4. The fourth-order valence-electron chi connectivity index (χ4n) is 5.30. The Kier molecular flexibility index (Phi) is 6.55. The lowest BCUT2D eigenvalue weighted by Crippen LogP contribution is -2.29. The summed E-state index contributed by atoms with van der Waals surface area (Å²) < 4.78 is 6.06. The van der Waals surface area contributed by atoms with Crippen molar-refractivity contribution in [2.45, 2.75) is 32.6 Å². The summed E-state index contributed by atoms with van der Waals surface area (Å²) >= 11 is 0. The molecule has 0 aliphatic carbocycles. The summed E-state index contributed by atoms with van der Waals surface area (Å²) in [5.74, 6) is 2.08. The molecule has 0 amide bonds. The van der Waals surface area contributed by atoms with Gasteiger partial charge in [-0.3, -0.25) is 13.9 Å². The highest BCUT2D eigenvalue weighted by molar-refractivity contribution is 5.92. The lowest BCUT2D eigenvalue weighted by molar-refractivity contribution is 0.112. The Bertz CT molecular complexity index is 1580. The minimum absolute atomic E-state index is 0.443. The molecule has 6 rings (SSSR count). The van der Waals surface area contributed by atoms with E-state index in [-0.39, 0.29) is 0 Å². The number of aromatic nitrogens is 6. The molecule has 2 N–H and O–H groups in total. The summed E-state index contributed by atoms with van der Waals surface area (Å²) in [6, 6.07) is 10.6. The zero-order valence-corrected chi connectivity index (χ0v) is 22.1. The van der Waals surface area contributed by atoms with Crippen molar-refractivity contribution < 1.29 is 4.79 Å². The van der Waals surface area contributed by atoms with E-state index in [0.29, 0.717) is 17.3 Å². The SMILES string of the molecule is CN1CCC(c2nc(-c3cc4ccccc4n3C)c3c(N)nccn23)CC1.Cc1nn(C)c(C)c1C=O. The number of likely N-dealkylation sites (tertiary alicyclic amines) is 1. The van der Waals surface area contributed by atoms with Crippen LogP contribution in [0.4, 0.5) is 5.82 Å². The number of para-hydroxylation sites is 1. The molecule has 0 bridgehead atoms. The molecule has 0 saturated carbocycles. The molecule has 0 atom stereocenters. The Labute approximate surface area is 216 Å². The van der Waals surface area contributed by atoms with Crippen LogP contribution in [-0.2, 0) is 14.1 Å². The number of piperidine rings is 1. The van der Waals surface area contributed by atoms with Crippen LogP contribution >= 0.6 is 0 Å². The summed E-state index contributed by atoms with van der Waals surface area (Å²) in [5, 5.41) is 5.27. The number of nitrogens with two attached hydrogens (primary N) is 1. The first-order valence-corrected chi connectivity index (χ1v) is 12.6. The number of carbonyl (C=O) groups is 1. The molecule has 0 radical (unpaired) electrons. The van der Waals surface area contributed by atoms with Crippen molar-refractivity contribution in [1.82, 2.24) is 33.6 Å². The number of anilines is 1. The van der Waals surface area contributed by atoms with E-state index in [1.54, 1.807) is 10.9 Å². The van der Waals surface area contributed by atoms with Gasteiger partial charge in [-0.1, -0.05) is 18.2 Å². The molecule has 1 aromatic carbocycles. The van der Waals surface area contributed by atoms with E-state index in [9.17, 15) is 4.79 Å². The van der Waals surface area contributed by atoms with Gasteiger partial charge in [0, 0.05) is 49.0 Å². The number of rotatable bonds is 3. The topological polar surface area (TPSA) is 99.3 Å². The highest BCUT2D eigenvalue weighted by atomic mass is 16.1. The zero-order chi connectivity index (χ0) is 26.3. The van der Waals surface area contributed by atoms with Gasteiger partial charge in [-0.25, -0.2) is 9.97 Å². The monoisotopic (exact) mass is 498 g/mol. The van der Waals surface area contributed by atoms with Gasteiger partial charge in [-0.15, -0.1) is 0 Å². The van der Waals surface area contributed by atoms with Gasteiger partial charge < -0.3 is 15.2 Å². The number of imidazole rings is 1. The average molecular weight is 499 g/mol. The number of hydrogen-bond donors (Lipinski definition) is 1. The molecule has 5 heterocycles. The Morgan fingerprint density at radius 1 is 1.08 bits per heavy atom. The quantitative estimate of drug-likeness (QED) is 0.376. The fraction of sp³-hybridized carbons (Fsp3) is 0.357. The number of carbonyl (C=O) groups excluding carboxylic acids is 1. The Morgan fingerprint density at radius 3 is 2.43 bits per heavy atom. The highest BCUT2D eigenvalue weighted by Gasteiger charge is 2.26. The van der Waals surface area contributed by atoms with Crippen LogP contribution in [0.15, 0.2) is 42.7 Å². The summed E-state index contributed by atoms with van der Waals surface area (Å²) in [6.45, 7) is 5.91. The van der Waals surface area contributed by atoms with Crippen molar-refractivity contribution in [3.05, 3.63) is 65.5 Å². The minimum atomic E-state index is 0.443. The second-order valence-electron chi connectivity index (χ2n) is 9.90. The van der Waals surface area contributed by atoms with E-state index in [4.69, 9.17) is 10.7 Å². The summed E-state index contributed by atoms with van der Waals surface area (Å²) in [6.07, 6.45) is 6.85. The van der Waals surface area contributed by atoms with Crippen molar-refractivity contribution in [3.8, 4) is 11.4 Å². The third-order valence-corrected chi connectivity index (χ3v) is 7.57. The molecule has 9 heteroatoms. The van der Waals surface area contributed by atoms with Crippen LogP contribution in [-0.4, -0.2) is 60.0 Å². The van der Waals surface area contributed by atoms with Gasteiger partial charge in [0.05, 0.1) is 17.0 Å². The van der Waals surface area contributed by atoms with Gasteiger partial charge in [-0.2, -0.15) is 5.10 Å². The molecule has 1 aliphatic heterocycles. The van der Waals surface area contributed by atoms with Crippen LogP contribution in [0.1, 0.15) is 46.3 Å². The van der Waals surface area contributed by atoms with Crippen LogP contribution < -0.4 is 5.73 Å². The number of hydrogen-bond acceptors (Lipinski definition) is 6. The molecule has 4 aromatic heterocycles. The van der Waals surface area contributed by atoms with Crippen molar-refractivity contribution >= 4 is 28.5 Å².